The first-order valence-corrected chi connectivity index (χ1v) is 9.12. The summed E-state index contributed by atoms with van der Waals surface area (Å²) in [6, 6.07) is 7.14. The molecule has 3 heterocycles. The van der Waals surface area contributed by atoms with Gasteiger partial charge in [0.1, 0.15) is 10.6 Å². The lowest BCUT2D eigenvalue weighted by Crippen LogP contribution is -2.22. The Labute approximate surface area is 159 Å². The van der Waals surface area contributed by atoms with Gasteiger partial charge in [-0.15, -0.1) is 11.3 Å². The van der Waals surface area contributed by atoms with Gasteiger partial charge in [0.05, 0.1) is 19.0 Å². The molecule has 2 N–H and O–H groups in total. The highest BCUT2D eigenvalue weighted by molar-refractivity contribution is 7.15. The molecule has 8 heteroatoms. The van der Waals surface area contributed by atoms with Gasteiger partial charge in [0.25, 0.3) is 0 Å². The van der Waals surface area contributed by atoms with Crippen molar-refractivity contribution in [3.8, 4) is 16.9 Å². The minimum atomic E-state index is -1.01. The van der Waals surface area contributed by atoms with E-state index in [2.05, 4.69) is 10.4 Å². The average Bonchev–Trinajstić information content (AvgIpc) is 3.25. The fraction of sp³-hybridized carbons (Fsp3) is 0.211. The van der Waals surface area contributed by atoms with Crippen LogP contribution in [0.25, 0.3) is 11.1 Å². The van der Waals surface area contributed by atoms with Crippen molar-refractivity contribution in [2.75, 3.05) is 12.4 Å². The summed E-state index contributed by atoms with van der Waals surface area (Å²) in [5, 5.41) is 16.8. The van der Waals surface area contributed by atoms with Crippen LogP contribution in [0.4, 0.5) is 5.69 Å². The Kier molecular flexibility index (Phi) is 4.19. The van der Waals surface area contributed by atoms with Crippen molar-refractivity contribution in [1.29, 1.82) is 0 Å². The van der Waals surface area contributed by atoms with Gasteiger partial charge in [0.2, 0.25) is 5.91 Å². The van der Waals surface area contributed by atoms with E-state index in [0.717, 1.165) is 16.0 Å². The number of thiophene rings is 1. The SMILES string of the molecule is COc1ccc(-c2c(C(=O)O)sc3c2NC(=O)CC3c2cnn(C)c2)cc1. The maximum absolute atomic E-state index is 12.4. The molecule has 2 aromatic heterocycles. The quantitative estimate of drug-likeness (QED) is 0.721. The van der Waals surface area contributed by atoms with Gasteiger partial charge in [-0.1, -0.05) is 12.1 Å². The number of nitrogens with one attached hydrogen (secondary N) is 1. The molecule has 7 nitrogen and oxygen atoms in total. The Morgan fingerprint density at radius 2 is 2.11 bits per heavy atom. The van der Waals surface area contributed by atoms with Gasteiger partial charge in [0.15, 0.2) is 0 Å². The molecule has 0 aliphatic carbocycles. The fourth-order valence-corrected chi connectivity index (χ4v) is 4.61. The van der Waals surface area contributed by atoms with Crippen molar-refractivity contribution in [2.45, 2.75) is 12.3 Å². The molecule has 1 amide bonds. The van der Waals surface area contributed by atoms with E-state index in [1.54, 1.807) is 42.3 Å². The Balaban J connectivity index is 1.90. The maximum Gasteiger partial charge on any atom is 0.346 e. The molecule has 1 atom stereocenters. The first kappa shape index (κ1) is 17.3. The number of hydrogen-bond donors (Lipinski definition) is 2. The lowest BCUT2D eigenvalue weighted by Gasteiger charge is -2.22. The molecule has 138 valence electrons. The molecule has 1 aromatic carbocycles. The molecule has 0 saturated carbocycles. The van der Waals surface area contributed by atoms with Gasteiger partial charge in [-0.05, 0) is 23.3 Å². The predicted molar refractivity (Wildman–Crippen MR) is 102 cm³/mol. The van der Waals surface area contributed by atoms with Crippen LogP contribution in [0.15, 0.2) is 36.7 Å². The van der Waals surface area contributed by atoms with Crippen LogP contribution in [0.2, 0.25) is 0 Å². The number of carbonyl (C=O) groups is 2. The standard InChI is InChI=1S/C19H17N3O4S/c1-22-9-11(8-20-22)13-7-14(23)21-16-15(18(19(24)25)27-17(13)16)10-3-5-12(26-2)6-4-10/h3-6,8-9,13H,7H2,1-2H3,(H,21,23)(H,24,25). The zero-order valence-electron chi connectivity index (χ0n) is 14.7. The molecular formula is C19H17N3O4S. The monoisotopic (exact) mass is 383 g/mol. The van der Waals surface area contributed by atoms with E-state index in [-0.39, 0.29) is 23.1 Å². The van der Waals surface area contributed by atoms with Crippen molar-refractivity contribution < 1.29 is 19.4 Å². The van der Waals surface area contributed by atoms with Crippen LogP contribution in [0.3, 0.4) is 0 Å². The molecule has 0 bridgehead atoms. The molecule has 0 radical (unpaired) electrons. The van der Waals surface area contributed by atoms with Crippen molar-refractivity contribution >= 4 is 28.9 Å². The smallest absolute Gasteiger partial charge is 0.346 e. The molecule has 27 heavy (non-hydrogen) atoms. The van der Waals surface area contributed by atoms with Crippen molar-refractivity contribution in [3.63, 3.8) is 0 Å². The van der Waals surface area contributed by atoms with Crippen LogP contribution in [-0.4, -0.2) is 33.9 Å². The maximum atomic E-state index is 12.4. The predicted octanol–water partition coefficient (Wildman–Crippen LogP) is 3.33. The molecule has 0 saturated heterocycles. The highest BCUT2D eigenvalue weighted by Gasteiger charge is 2.34. The Bertz CT molecular complexity index is 1040. The number of ether oxygens (including phenoxy) is 1. The van der Waals surface area contributed by atoms with E-state index in [9.17, 15) is 14.7 Å². The minimum absolute atomic E-state index is 0.138. The third kappa shape index (κ3) is 2.97. The number of anilines is 1. The van der Waals surface area contributed by atoms with Crippen LogP contribution in [0.5, 0.6) is 5.75 Å². The number of carbonyl (C=O) groups excluding carboxylic acids is 1. The van der Waals surface area contributed by atoms with E-state index >= 15 is 0 Å². The van der Waals surface area contributed by atoms with E-state index in [0.29, 0.717) is 17.0 Å². The number of carboxylic acids is 1. The fourth-order valence-electron chi connectivity index (χ4n) is 3.36. The summed E-state index contributed by atoms with van der Waals surface area (Å²) < 4.78 is 6.86. The number of aryl methyl sites for hydroxylation is 1. The second-order valence-corrected chi connectivity index (χ2v) is 7.38. The number of fused-ring (bicyclic) bond motifs is 1. The second kappa shape index (κ2) is 6.55. The van der Waals surface area contributed by atoms with Crippen LogP contribution < -0.4 is 10.1 Å². The summed E-state index contributed by atoms with van der Waals surface area (Å²) in [5.41, 5.74) is 2.73. The van der Waals surface area contributed by atoms with Crippen molar-refractivity contribution in [1.82, 2.24) is 9.78 Å². The third-order valence-corrected chi connectivity index (χ3v) is 5.90. The number of aromatic nitrogens is 2. The number of hydrogen-bond acceptors (Lipinski definition) is 5. The van der Waals surface area contributed by atoms with Gasteiger partial charge < -0.3 is 15.2 Å². The summed E-state index contributed by atoms with van der Waals surface area (Å²) in [6.07, 6.45) is 3.85. The normalized spacial score (nSPS) is 15.9. The Morgan fingerprint density at radius 3 is 2.70 bits per heavy atom. The molecule has 0 spiro atoms. The molecule has 1 aliphatic rings. The highest BCUT2D eigenvalue weighted by atomic mass is 32.1. The number of rotatable bonds is 4. The Hall–Kier alpha value is -3.13. The van der Waals surface area contributed by atoms with Gasteiger partial charge in [-0.2, -0.15) is 5.10 Å². The van der Waals surface area contributed by atoms with Crippen molar-refractivity contribution in [3.05, 3.63) is 52.0 Å². The molecule has 4 rings (SSSR count). The van der Waals surface area contributed by atoms with Gasteiger partial charge >= 0.3 is 5.97 Å². The number of carboxylic acid groups (broad SMARTS) is 1. The third-order valence-electron chi connectivity index (χ3n) is 4.61. The molecule has 3 aromatic rings. The molecule has 1 aliphatic heterocycles. The van der Waals surface area contributed by atoms with Crippen LogP contribution in [0.1, 0.15) is 32.5 Å². The van der Waals surface area contributed by atoms with Crippen LogP contribution >= 0.6 is 11.3 Å². The first-order valence-electron chi connectivity index (χ1n) is 8.30. The van der Waals surface area contributed by atoms with Crippen molar-refractivity contribution in [2.24, 2.45) is 7.05 Å². The number of amides is 1. The van der Waals surface area contributed by atoms with E-state index in [4.69, 9.17) is 4.74 Å². The lowest BCUT2D eigenvalue weighted by atomic mass is 9.90. The summed E-state index contributed by atoms with van der Waals surface area (Å²) in [6.45, 7) is 0. The van der Waals surface area contributed by atoms with E-state index < -0.39 is 5.97 Å². The molecular weight excluding hydrogens is 366 g/mol. The largest absolute Gasteiger partial charge is 0.497 e. The minimum Gasteiger partial charge on any atom is -0.497 e. The molecule has 1 unspecified atom stereocenters. The van der Waals surface area contributed by atoms with Crippen LogP contribution in [-0.2, 0) is 11.8 Å². The van der Waals surface area contributed by atoms with E-state index in [1.807, 2.05) is 13.2 Å². The second-order valence-electron chi connectivity index (χ2n) is 6.33. The zero-order valence-corrected chi connectivity index (χ0v) is 15.5. The highest BCUT2D eigenvalue weighted by Crippen LogP contribution is 2.49. The topological polar surface area (TPSA) is 93.4 Å². The van der Waals surface area contributed by atoms with Gasteiger partial charge in [-0.3, -0.25) is 9.48 Å². The number of benzene rings is 1. The summed E-state index contributed by atoms with van der Waals surface area (Å²) in [5.74, 6) is -0.685. The van der Waals surface area contributed by atoms with E-state index in [1.165, 1.54) is 11.3 Å². The lowest BCUT2D eigenvalue weighted by molar-refractivity contribution is -0.116. The van der Waals surface area contributed by atoms with Gasteiger partial charge in [-0.25, -0.2) is 4.79 Å². The molecule has 0 fully saturated rings. The summed E-state index contributed by atoms with van der Waals surface area (Å²) in [4.78, 5) is 25.3. The Morgan fingerprint density at radius 1 is 1.37 bits per heavy atom. The average molecular weight is 383 g/mol. The first-order chi connectivity index (χ1) is 13.0. The van der Waals surface area contributed by atoms with Gasteiger partial charge in [0, 0.05) is 36.0 Å². The van der Waals surface area contributed by atoms with Crippen LogP contribution in [0, 0.1) is 0 Å². The number of aromatic carboxylic acids is 1. The zero-order chi connectivity index (χ0) is 19.1. The summed E-state index contributed by atoms with van der Waals surface area (Å²) in [7, 11) is 3.38. The number of methoxy groups -OCH3 is 1. The number of nitrogens with zero attached hydrogens (tertiary/aromatic N) is 2. The summed E-state index contributed by atoms with van der Waals surface area (Å²) >= 11 is 1.21.